The molecule has 1 unspecified atom stereocenters. The molecule has 5 heteroatoms. The van der Waals surface area contributed by atoms with Crippen molar-refractivity contribution >= 4 is 23.3 Å². The lowest BCUT2D eigenvalue weighted by molar-refractivity contribution is -0.135. The van der Waals surface area contributed by atoms with Gasteiger partial charge in [-0.2, -0.15) is 5.10 Å². The molecule has 1 aliphatic heterocycles. The molecule has 0 fully saturated rings. The second-order valence-electron chi connectivity index (χ2n) is 4.80. The standard InChI is InChI=1S/C16H19ClN2O2/c1-3-14-9-12(11-5-7-13(17)8-6-11)10-15(19-18-14)16(20)21-4-2/h5-9,12,18H,3-4,10H2,1-2H3. The van der Waals surface area contributed by atoms with Crippen LogP contribution in [-0.2, 0) is 9.53 Å². The summed E-state index contributed by atoms with van der Waals surface area (Å²) in [7, 11) is 0. The van der Waals surface area contributed by atoms with Crippen LogP contribution in [0.1, 0.15) is 38.2 Å². The molecule has 2 rings (SSSR count). The molecular weight excluding hydrogens is 288 g/mol. The van der Waals surface area contributed by atoms with Gasteiger partial charge >= 0.3 is 5.97 Å². The number of hydrogen-bond acceptors (Lipinski definition) is 4. The number of rotatable bonds is 4. The first-order valence-electron chi connectivity index (χ1n) is 7.09. The van der Waals surface area contributed by atoms with Crippen LogP contribution in [0.25, 0.3) is 0 Å². The van der Waals surface area contributed by atoms with Crippen molar-refractivity contribution in [3.63, 3.8) is 0 Å². The number of nitrogens with one attached hydrogen (secondary N) is 1. The summed E-state index contributed by atoms with van der Waals surface area (Å²) in [5.41, 5.74) is 5.46. The van der Waals surface area contributed by atoms with Crippen molar-refractivity contribution in [2.75, 3.05) is 6.61 Å². The lowest BCUT2D eigenvalue weighted by atomic mass is 9.92. The molecule has 21 heavy (non-hydrogen) atoms. The van der Waals surface area contributed by atoms with Gasteiger partial charge in [0, 0.05) is 23.1 Å². The van der Waals surface area contributed by atoms with Gasteiger partial charge < -0.3 is 4.74 Å². The Morgan fingerprint density at radius 2 is 2.10 bits per heavy atom. The van der Waals surface area contributed by atoms with Crippen molar-refractivity contribution < 1.29 is 9.53 Å². The monoisotopic (exact) mass is 306 g/mol. The first kappa shape index (κ1) is 15.6. The fraction of sp³-hybridized carbons (Fsp3) is 0.375. The minimum absolute atomic E-state index is 0.0790. The highest BCUT2D eigenvalue weighted by molar-refractivity contribution is 6.36. The van der Waals surface area contributed by atoms with Gasteiger partial charge in [0.15, 0.2) is 0 Å². The van der Waals surface area contributed by atoms with E-state index >= 15 is 0 Å². The summed E-state index contributed by atoms with van der Waals surface area (Å²) in [6.07, 6.45) is 3.44. The molecule has 0 saturated carbocycles. The molecule has 0 aliphatic carbocycles. The number of esters is 1. The van der Waals surface area contributed by atoms with Crippen molar-refractivity contribution in [2.24, 2.45) is 5.10 Å². The number of benzene rings is 1. The second-order valence-corrected chi connectivity index (χ2v) is 5.23. The summed E-state index contributed by atoms with van der Waals surface area (Å²) in [6.45, 7) is 4.18. The molecule has 1 heterocycles. The molecule has 0 aromatic heterocycles. The third-order valence-electron chi connectivity index (χ3n) is 3.34. The average Bonchev–Trinajstić information content (AvgIpc) is 2.71. The van der Waals surface area contributed by atoms with E-state index in [1.165, 1.54) is 0 Å². The van der Waals surface area contributed by atoms with Gasteiger partial charge in [0.05, 0.1) is 6.61 Å². The SMILES string of the molecule is CCOC(=O)C1=NNC(CC)=CC(c2ccc(Cl)cc2)C1. The van der Waals surface area contributed by atoms with Gasteiger partial charge in [-0.3, -0.25) is 5.43 Å². The zero-order chi connectivity index (χ0) is 15.2. The number of nitrogens with zero attached hydrogens (tertiary/aromatic N) is 1. The predicted octanol–water partition coefficient (Wildman–Crippen LogP) is 3.63. The molecule has 1 N–H and O–H groups in total. The fourth-order valence-electron chi connectivity index (χ4n) is 2.20. The zero-order valence-corrected chi connectivity index (χ0v) is 13.0. The molecule has 0 radical (unpaired) electrons. The fourth-order valence-corrected chi connectivity index (χ4v) is 2.32. The average molecular weight is 307 g/mol. The van der Waals surface area contributed by atoms with Gasteiger partial charge in [0.1, 0.15) is 5.71 Å². The highest BCUT2D eigenvalue weighted by Crippen LogP contribution is 2.27. The maximum Gasteiger partial charge on any atom is 0.354 e. The summed E-state index contributed by atoms with van der Waals surface area (Å²) in [5, 5.41) is 4.88. The number of ether oxygens (including phenoxy) is 1. The van der Waals surface area contributed by atoms with Gasteiger partial charge in [-0.05, 0) is 31.0 Å². The maximum absolute atomic E-state index is 11.9. The van der Waals surface area contributed by atoms with E-state index in [4.69, 9.17) is 16.3 Å². The highest BCUT2D eigenvalue weighted by Gasteiger charge is 2.22. The third-order valence-corrected chi connectivity index (χ3v) is 3.59. The Bertz CT molecular complexity index is 564. The molecule has 112 valence electrons. The van der Waals surface area contributed by atoms with Crippen molar-refractivity contribution in [3.05, 3.63) is 46.6 Å². The summed E-state index contributed by atoms with van der Waals surface area (Å²) in [5.74, 6) is -0.287. The molecule has 4 nitrogen and oxygen atoms in total. The van der Waals surface area contributed by atoms with E-state index in [9.17, 15) is 4.79 Å². The van der Waals surface area contributed by atoms with E-state index in [0.29, 0.717) is 23.8 Å². The Morgan fingerprint density at radius 3 is 2.71 bits per heavy atom. The number of hydrogen-bond donors (Lipinski definition) is 1. The maximum atomic E-state index is 11.9. The minimum Gasteiger partial charge on any atom is -0.461 e. The molecule has 1 aromatic rings. The highest BCUT2D eigenvalue weighted by atomic mass is 35.5. The van der Waals surface area contributed by atoms with Gasteiger partial charge in [-0.1, -0.05) is 36.7 Å². The second kappa shape index (κ2) is 7.27. The normalized spacial score (nSPS) is 18.1. The molecule has 0 amide bonds. The van der Waals surface area contributed by atoms with Crippen LogP contribution < -0.4 is 5.43 Å². The number of carbonyl (C=O) groups excluding carboxylic acids is 1. The Labute approximate surface area is 129 Å². The molecular formula is C16H19ClN2O2. The van der Waals surface area contributed by atoms with Crippen molar-refractivity contribution in [3.8, 4) is 0 Å². The van der Waals surface area contributed by atoms with E-state index in [1.54, 1.807) is 6.92 Å². The summed E-state index contributed by atoms with van der Waals surface area (Å²) >= 11 is 5.93. The van der Waals surface area contributed by atoms with Gasteiger partial charge in [-0.25, -0.2) is 4.79 Å². The van der Waals surface area contributed by atoms with Crippen molar-refractivity contribution in [1.82, 2.24) is 5.43 Å². The van der Waals surface area contributed by atoms with Gasteiger partial charge in [-0.15, -0.1) is 0 Å². The van der Waals surface area contributed by atoms with Crippen LogP contribution in [0.15, 0.2) is 41.1 Å². The van der Waals surface area contributed by atoms with Crippen LogP contribution >= 0.6 is 11.6 Å². The van der Waals surface area contributed by atoms with Crippen LogP contribution in [-0.4, -0.2) is 18.3 Å². The van der Waals surface area contributed by atoms with Crippen LogP contribution in [0.3, 0.4) is 0 Å². The van der Waals surface area contributed by atoms with E-state index in [0.717, 1.165) is 17.7 Å². The van der Waals surface area contributed by atoms with Crippen LogP contribution in [0, 0.1) is 0 Å². The Balaban J connectivity index is 2.27. The number of allylic oxidation sites excluding steroid dienone is 2. The van der Waals surface area contributed by atoms with E-state index in [2.05, 4.69) is 16.6 Å². The van der Waals surface area contributed by atoms with Crippen LogP contribution in [0.5, 0.6) is 0 Å². The predicted molar refractivity (Wildman–Crippen MR) is 84.4 cm³/mol. The van der Waals surface area contributed by atoms with Crippen LogP contribution in [0.2, 0.25) is 5.02 Å². The van der Waals surface area contributed by atoms with Gasteiger partial charge in [0.2, 0.25) is 0 Å². The quantitative estimate of drug-likeness (QED) is 0.864. The minimum atomic E-state index is -0.366. The molecule has 0 bridgehead atoms. The molecule has 0 spiro atoms. The van der Waals surface area contributed by atoms with Gasteiger partial charge in [0.25, 0.3) is 0 Å². The van der Waals surface area contributed by atoms with Crippen molar-refractivity contribution in [2.45, 2.75) is 32.6 Å². The summed E-state index contributed by atoms with van der Waals surface area (Å²) in [6, 6.07) is 7.67. The molecule has 1 aliphatic rings. The van der Waals surface area contributed by atoms with Crippen LogP contribution in [0.4, 0.5) is 0 Å². The molecule has 0 saturated heterocycles. The first-order valence-corrected chi connectivity index (χ1v) is 7.47. The van der Waals surface area contributed by atoms with E-state index < -0.39 is 0 Å². The largest absolute Gasteiger partial charge is 0.461 e. The zero-order valence-electron chi connectivity index (χ0n) is 12.2. The van der Waals surface area contributed by atoms with Crippen molar-refractivity contribution in [1.29, 1.82) is 0 Å². The number of hydrazone groups is 1. The summed E-state index contributed by atoms with van der Waals surface area (Å²) < 4.78 is 5.06. The number of carbonyl (C=O) groups is 1. The molecule has 1 aromatic carbocycles. The summed E-state index contributed by atoms with van der Waals surface area (Å²) in [4.78, 5) is 11.9. The first-order chi connectivity index (χ1) is 10.1. The smallest absolute Gasteiger partial charge is 0.354 e. The van der Waals surface area contributed by atoms with E-state index in [1.807, 2.05) is 31.2 Å². The molecule has 1 atom stereocenters. The van der Waals surface area contributed by atoms with E-state index in [-0.39, 0.29) is 11.9 Å². The third kappa shape index (κ3) is 4.08. The lowest BCUT2D eigenvalue weighted by Crippen LogP contribution is -2.21. The lowest BCUT2D eigenvalue weighted by Gasteiger charge is -2.13. The Morgan fingerprint density at radius 1 is 1.38 bits per heavy atom. The topological polar surface area (TPSA) is 50.7 Å². The number of halogens is 1. The Hall–Kier alpha value is -1.81. The Kier molecular flexibility index (Phi) is 5.39.